The van der Waals surface area contributed by atoms with Gasteiger partial charge in [-0.2, -0.15) is 0 Å². The van der Waals surface area contributed by atoms with E-state index in [1.165, 1.54) is 11.3 Å². The summed E-state index contributed by atoms with van der Waals surface area (Å²) in [5.74, 6) is 0.458. The van der Waals surface area contributed by atoms with Gasteiger partial charge in [0, 0.05) is 24.4 Å². The summed E-state index contributed by atoms with van der Waals surface area (Å²) < 4.78 is 5.80. The minimum absolute atomic E-state index is 0.110. The van der Waals surface area contributed by atoms with E-state index < -0.39 is 0 Å². The maximum absolute atomic E-state index is 12.4. The SMILES string of the molecule is CC1(C)Cc2c(sc3nc(NCCCO)[nH]c(=O)c23)CO1. The van der Waals surface area contributed by atoms with Crippen LogP contribution in [0.5, 0.6) is 0 Å². The molecule has 0 saturated carbocycles. The molecule has 2 aromatic heterocycles. The minimum atomic E-state index is -0.245. The van der Waals surface area contributed by atoms with Gasteiger partial charge in [0.1, 0.15) is 4.83 Å². The molecule has 0 aliphatic carbocycles. The standard InChI is InChI=1S/C14H19N3O3S/c1-14(2)6-8-9(7-20-14)21-12-10(8)11(19)16-13(17-12)15-4-3-5-18/h18H,3-7H2,1-2H3,(H2,15,16,17,19). The number of aromatic nitrogens is 2. The monoisotopic (exact) mass is 309 g/mol. The first-order valence-electron chi connectivity index (χ1n) is 7.03. The Balaban J connectivity index is 2.00. The minimum Gasteiger partial charge on any atom is -0.396 e. The third-order valence-electron chi connectivity index (χ3n) is 3.57. The molecular formula is C14H19N3O3S. The molecule has 1 aliphatic heterocycles. The van der Waals surface area contributed by atoms with Crippen LogP contribution < -0.4 is 10.9 Å². The van der Waals surface area contributed by atoms with Gasteiger partial charge in [0.05, 0.1) is 17.6 Å². The second-order valence-electron chi connectivity index (χ2n) is 5.83. The summed E-state index contributed by atoms with van der Waals surface area (Å²) in [4.78, 5) is 21.5. The number of fused-ring (bicyclic) bond motifs is 3. The quantitative estimate of drug-likeness (QED) is 0.747. The van der Waals surface area contributed by atoms with Gasteiger partial charge in [0.25, 0.3) is 5.56 Å². The molecule has 0 fully saturated rings. The normalized spacial score (nSPS) is 16.9. The number of hydrogen-bond donors (Lipinski definition) is 3. The highest BCUT2D eigenvalue weighted by molar-refractivity contribution is 7.18. The lowest BCUT2D eigenvalue weighted by Crippen LogP contribution is -2.31. The van der Waals surface area contributed by atoms with Crippen LogP contribution >= 0.6 is 11.3 Å². The summed E-state index contributed by atoms with van der Waals surface area (Å²) in [6, 6.07) is 0. The molecule has 0 amide bonds. The van der Waals surface area contributed by atoms with E-state index in [0.717, 1.165) is 21.7 Å². The van der Waals surface area contributed by atoms with Gasteiger partial charge >= 0.3 is 0 Å². The fraction of sp³-hybridized carbons (Fsp3) is 0.571. The first-order chi connectivity index (χ1) is 10.00. The van der Waals surface area contributed by atoms with Crippen LogP contribution in [-0.4, -0.2) is 33.8 Å². The smallest absolute Gasteiger partial charge is 0.261 e. The summed E-state index contributed by atoms with van der Waals surface area (Å²) in [7, 11) is 0. The van der Waals surface area contributed by atoms with Gasteiger partial charge in [0.2, 0.25) is 5.95 Å². The molecule has 0 unspecified atom stereocenters. The summed E-state index contributed by atoms with van der Waals surface area (Å²) >= 11 is 1.52. The third-order valence-corrected chi connectivity index (χ3v) is 4.67. The fourth-order valence-electron chi connectivity index (χ4n) is 2.52. The van der Waals surface area contributed by atoms with Crippen molar-refractivity contribution in [2.75, 3.05) is 18.5 Å². The van der Waals surface area contributed by atoms with Crippen molar-refractivity contribution in [3.63, 3.8) is 0 Å². The molecule has 6 nitrogen and oxygen atoms in total. The zero-order valence-electron chi connectivity index (χ0n) is 12.2. The maximum atomic E-state index is 12.4. The summed E-state index contributed by atoms with van der Waals surface area (Å²) in [5, 5.41) is 12.5. The highest BCUT2D eigenvalue weighted by atomic mass is 32.1. The van der Waals surface area contributed by atoms with Gasteiger partial charge in [-0.05, 0) is 25.8 Å². The molecule has 0 bridgehead atoms. The van der Waals surface area contributed by atoms with Gasteiger partial charge in [-0.25, -0.2) is 4.98 Å². The number of aromatic amines is 1. The van der Waals surface area contributed by atoms with E-state index in [4.69, 9.17) is 9.84 Å². The first kappa shape index (κ1) is 14.5. The second kappa shape index (κ2) is 5.40. The number of aliphatic hydroxyl groups excluding tert-OH is 1. The van der Waals surface area contributed by atoms with E-state index in [1.807, 2.05) is 13.8 Å². The van der Waals surface area contributed by atoms with Gasteiger partial charge < -0.3 is 15.2 Å². The number of anilines is 1. The Morgan fingerprint density at radius 3 is 3.10 bits per heavy atom. The van der Waals surface area contributed by atoms with Crippen LogP contribution in [0, 0.1) is 0 Å². The van der Waals surface area contributed by atoms with Crippen molar-refractivity contribution in [3.8, 4) is 0 Å². The Morgan fingerprint density at radius 1 is 1.52 bits per heavy atom. The van der Waals surface area contributed by atoms with E-state index in [0.29, 0.717) is 30.9 Å². The summed E-state index contributed by atoms with van der Waals surface area (Å²) in [6.45, 7) is 5.29. The number of aliphatic hydroxyl groups is 1. The van der Waals surface area contributed by atoms with E-state index in [-0.39, 0.29) is 17.8 Å². The molecule has 1 aliphatic rings. The molecule has 21 heavy (non-hydrogen) atoms. The Kier molecular flexibility index (Phi) is 3.73. The molecule has 7 heteroatoms. The van der Waals surface area contributed by atoms with Crippen LogP contribution in [0.1, 0.15) is 30.7 Å². The van der Waals surface area contributed by atoms with E-state index in [9.17, 15) is 4.79 Å². The molecule has 2 aromatic rings. The highest BCUT2D eigenvalue weighted by Crippen LogP contribution is 2.36. The van der Waals surface area contributed by atoms with Gasteiger partial charge in [0.15, 0.2) is 0 Å². The predicted octanol–water partition coefficient (Wildman–Crippen LogP) is 1.63. The van der Waals surface area contributed by atoms with Crippen molar-refractivity contribution < 1.29 is 9.84 Å². The molecular weight excluding hydrogens is 290 g/mol. The van der Waals surface area contributed by atoms with Crippen LogP contribution in [0.4, 0.5) is 5.95 Å². The molecule has 114 valence electrons. The zero-order valence-corrected chi connectivity index (χ0v) is 13.0. The van der Waals surface area contributed by atoms with Crippen LogP contribution in [0.2, 0.25) is 0 Å². The second-order valence-corrected chi connectivity index (χ2v) is 6.91. The fourth-order valence-corrected chi connectivity index (χ4v) is 3.62. The van der Waals surface area contributed by atoms with Crippen LogP contribution in [-0.2, 0) is 17.8 Å². The number of rotatable bonds is 4. The molecule has 0 spiro atoms. The van der Waals surface area contributed by atoms with Crippen molar-refractivity contribution in [1.82, 2.24) is 9.97 Å². The molecule has 0 aromatic carbocycles. The number of ether oxygens (including phenoxy) is 1. The molecule has 3 rings (SSSR count). The predicted molar refractivity (Wildman–Crippen MR) is 83.0 cm³/mol. The number of thiophene rings is 1. The average Bonchev–Trinajstić information content (AvgIpc) is 2.75. The number of nitrogens with zero attached hydrogens (tertiary/aromatic N) is 1. The topological polar surface area (TPSA) is 87.2 Å². The Bertz CT molecular complexity index is 720. The highest BCUT2D eigenvalue weighted by Gasteiger charge is 2.30. The number of H-pyrrole nitrogens is 1. The first-order valence-corrected chi connectivity index (χ1v) is 7.85. The molecule has 3 N–H and O–H groups in total. The summed E-state index contributed by atoms with van der Waals surface area (Å²) in [5.41, 5.74) is 0.717. The molecule has 0 saturated heterocycles. The lowest BCUT2D eigenvalue weighted by Gasteiger charge is -2.29. The van der Waals surface area contributed by atoms with Crippen molar-refractivity contribution in [3.05, 3.63) is 20.8 Å². The van der Waals surface area contributed by atoms with E-state index in [2.05, 4.69) is 15.3 Å². The van der Waals surface area contributed by atoms with Crippen molar-refractivity contribution in [1.29, 1.82) is 0 Å². The van der Waals surface area contributed by atoms with Crippen LogP contribution in [0.15, 0.2) is 4.79 Å². The lowest BCUT2D eigenvalue weighted by atomic mass is 9.94. The van der Waals surface area contributed by atoms with Crippen LogP contribution in [0.3, 0.4) is 0 Å². The zero-order chi connectivity index (χ0) is 15.0. The van der Waals surface area contributed by atoms with Crippen molar-refractivity contribution >= 4 is 27.5 Å². The van der Waals surface area contributed by atoms with Crippen molar-refractivity contribution in [2.24, 2.45) is 0 Å². The lowest BCUT2D eigenvalue weighted by molar-refractivity contribution is -0.0379. The summed E-state index contributed by atoms with van der Waals surface area (Å²) in [6.07, 6.45) is 1.34. The number of nitrogens with one attached hydrogen (secondary N) is 2. The average molecular weight is 309 g/mol. The Labute approximate surface area is 126 Å². The van der Waals surface area contributed by atoms with Crippen molar-refractivity contribution in [2.45, 2.75) is 38.9 Å². The molecule has 0 atom stereocenters. The molecule has 3 heterocycles. The van der Waals surface area contributed by atoms with Crippen LogP contribution in [0.25, 0.3) is 10.2 Å². The third kappa shape index (κ3) is 2.81. The Morgan fingerprint density at radius 2 is 2.33 bits per heavy atom. The van der Waals surface area contributed by atoms with Gasteiger partial charge in [-0.1, -0.05) is 0 Å². The Hall–Kier alpha value is -1.44. The maximum Gasteiger partial charge on any atom is 0.261 e. The number of hydrogen-bond acceptors (Lipinski definition) is 6. The van der Waals surface area contributed by atoms with E-state index >= 15 is 0 Å². The van der Waals surface area contributed by atoms with E-state index in [1.54, 1.807) is 0 Å². The molecule has 0 radical (unpaired) electrons. The largest absolute Gasteiger partial charge is 0.396 e. The van der Waals surface area contributed by atoms with Gasteiger partial charge in [-0.3, -0.25) is 9.78 Å². The van der Waals surface area contributed by atoms with Gasteiger partial charge in [-0.15, -0.1) is 11.3 Å².